The fraction of sp³-hybridized carbons (Fsp3) is 0.190. The third-order valence-corrected chi connectivity index (χ3v) is 6.29. The summed E-state index contributed by atoms with van der Waals surface area (Å²) < 4.78 is 26.8. The Morgan fingerprint density at radius 2 is 1.63 bits per heavy atom. The molecule has 1 saturated heterocycles. The molecule has 1 fully saturated rings. The zero-order chi connectivity index (χ0) is 20.8. The number of nitrogens with zero attached hydrogens (tertiary/aromatic N) is 5. The van der Waals surface area contributed by atoms with E-state index in [1.54, 1.807) is 12.3 Å². The van der Waals surface area contributed by atoms with Gasteiger partial charge in [-0.05, 0) is 23.8 Å². The Bertz CT molecular complexity index is 1100. The van der Waals surface area contributed by atoms with E-state index in [1.807, 2.05) is 54.6 Å². The zero-order valence-electron chi connectivity index (χ0n) is 16.3. The number of nitrogens with one attached hydrogen (secondary N) is 1. The Morgan fingerprint density at radius 1 is 0.867 bits per heavy atom. The first kappa shape index (κ1) is 20.0. The van der Waals surface area contributed by atoms with Crippen molar-refractivity contribution >= 4 is 33.6 Å². The summed E-state index contributed by atoms with van der Waals surface area (Å²) in [5.74, 6) is 2.09. The lowest BCUT2D eigenvalue weighted by molar-refractivity contribution is 0.389. The maximum Gasteiger partial charge on any atom is 0.236 e. The predicted octanol–water partition coefficient (Wildman–Crippen LogP) is 2.74. The fourth-order valence-corrected chi connectivity index (χ4v) is 4.32. The van der Waals surface area contributed by atoms with E-state index < -0.39 is 10.0 Å². The highest BCUT2D eigenvalue weighted by molar-refractivity contribution is 7.92. The first-order valence-corrected chi connectivity index (χ1v) is 11.1. The second-order valence-corrected chi connectivity index (χ2v) is 8.56. The van der Waals surface area contributed by atoms with E-state index in [4.69, 9.17) is 0 Å². The van der Waals surface area contributed by atoms with Crippen LogP contribution in [0.25, 0.3) is 6.08 Å². The quantitative estimate of drug-likeness (QED) is 0.653. The lowest BCUT2D eigenvalue weighted by Gasteiger charge is -2.34. The molecule has 0 aliphatic carbocycles. The lowest BCUT2D eigenvalue weighted by atomic mass is 10.2. The molecule has 154 valence electrons. The molecule has 0 saturated carbocycles. The molecule has 3 aromatic rings. The highest BCUT2D eigenvalue weighted by atomic mass is 32.2. The largest absolute Gasteiger partial charge is 0.354 e. The minimum atomic E-state index is -3.46. The number of sulfonamides is 1. The van der Waals surface area contributed by atoms with Gasteiger partial charge in [0.05, 0.1) is 0 Å². The van der Waals surface area contributed by atoms with Gasteiger partial charge in [-0.25, -0.2) is 23.4 Å². The minimum absolute atomic E-state index is 0.397. The number of piperazine rings is 1. The molecule has 30 heavy (non-hydrogen) atoms. The molecule has 8 nitrogen and oxygen atoms in total. The van der Waals surface area contributed by atoms with Crippen molar-refractivity contribution in [3.8, 4) is 0 Å². The van der Waals surface area contributed by atoms with Gasteiger partial charge >= 0.3 is 0 Å². The summed E-state index contributed by atoms with van der Waals surface area (Å²) in [5, 5.41) is 4.42. The second kappa shape index (κ2) is 9.02. The normalized spacial score (nSPS) is 15.4. The van der Waals surface area contributed by atoms with E-state index in [1.165, 1.54) is 16.0 Å². The Morgan fingerprint density at radius 3 is 2.37 bits per heavy atom. The maximum atomic E-state index is 12.6. The van der Waals surface area contributed by atoms with Crippen molar-refractivity contribution in [3.63, 3.8) is 0 Å². The summed E-state index contributed by atoms with van der Waals surface area (Å²) in [6, 6.07) is 16.8. The third-order valence-electron chi connectivity index (χ3n) is 4.73. The summed E-state index contributed by atoms with van der Waals surface area (Å²) in [5.41, 5.74) is 0.855. The summed E-state index contributed by atoms with van der Waals surface area (Å²) in [6.07, 6.45) is 4.82. The summed E-state index contributed by atoms with van der Waals surface area (Å²) in [4.78, 5) is 14.9. The van der Waals surface area contributed by atoms with Gasteiger partial charge in [0.2, 0.25) is 10.0 Å². The summed E-state index contributed by atoms with van der Waals surface area (Å²) >= 11 is 0. The summed E-state index contributed by atoms with van der Waals surface area (Å²) in [6.45, 7) is 1.90. The van der Waals surface area contributed by atoms with Crippen LogP contribution in [-0.2, 0) is 10.0 Å². The van der Waals surface area contributed by atoms with Crippen LogP contribution in [0.5, 0.6) is 0 Å². The molecule has 0 atom stereocenters. The van der Waals surface area contributed by atoms with Gasteiger partial charge in [0.25, 0.3) is 0 Å². The van der Waals surface area contributed by atoms with Gasteiger partial charge in [0.15, 0.2) is 0 Å². The van der Waals surface area contributed by atoms with Gasteiger partial charge in [0.1, 0.15) is 23.8 Å². The molecule has 1 N–H and O–H groups in total. The van der Waals surface area contributed by atoms with Gasteiger partial charge in [-0.2, -0.15) is 4.31 Å². The molecule has 2 aromatic heterocycles. The van der Waals surface area contributed by atoms with Gasteiger partial charge in [-0.15, -0.1) is 0 Å². The Kier molecular flexibility index (Phi) is 6.01. The van der Waals surface area contributed by atoms with Gasteiger partial charge in [-0.1, -0.05) is 36.4 Å². The Hall–Kier alpha value is -3.30. The number of pyridine rings is 1. The molecule has 9 heteroatoms. The molecular weight excluding hydrogens is 400 g/mol. The number of aromatic nitrogens is 3. The highest BCUT2D eigenvalue weighted by Crippen LogP contribution is 2.20. The van der Waals surface area contributed by atoms with Crippen molar-refractivity contribution in [1.29, 1.82) is 0 Å². The average molecular weight is 423 g/mol. The average Bonchev–Trinajstić information content (AvgIpc) is 2.79. The van der Waals surface area contributed by atoms with Gasteiger partial charge in [0, 0.05) is 43.9 Å². The fourth-order valence-electron chi connectivity index (χ4n) is 3.14. The van der Waals surface area contributed by atoms with Crippen LogP contribution in [0.2, 0.25) is 0 Å². The van der Waals surface area contributed by atoms with Crippen molar-refractivity contribution in [2.75, 3.05) is 36.4 Å². The van der Waals surface area contributed by atoms with Crippen molar-refractivity contribution in [3.05, 3.63) is 78.1 Å². The van der Waals surface area contributed by atoms with Crippen LogP contribution in [0.1, 0.15) is 5.56 Å². The molecule has 1 aromatic carbocycles. The van der Waals surface area contributed by atoms with E-state index in [-0.39, 0.29) is 0 Å². The number of anilines is 3. The summed E-state index contributed by atoms with van der Waals surface area (Å²) in [7, 11) is -3.46. The van der Waals surface area contributed by atoms with Crippen LogP contribution >= 0.6 is 0 Å². The Labute approximate surface area is 176 Å². The molecule has 1 aliphatic heterocycles. The lowest BCUT2D eigenvalue weighted by Crippen LogP contribution is -2.48. The van der Waals surface area contributed by atoms with Crippen LogP contribution in [0, 0.1) is 0 Å². The smallest absolute Gasteiger partial charge is 0.236 e. The van der Waals surface area contributed by atoms with Crippen LogP contribution < -0.4 is 10.2 Å². The van der Waals surface area contributed by atoms with E-state index >= 15 is 0 Å². The van der Waals surface area contributed by atoms with Crippen molar-refractivity contribution < 1.29 is 8.42 Å². The van der Waals surface area contributed by atoms with Crippen LogP contribution in [0.15, 0.2) is 72.5 Å². The van der Waals surface area contributed by atoms with E-state index in [9.17, 15) is 8.42 Å². The van der Waals surface area contributed by atoms with Crippen molar-refractivity contribution in [2.45, 2.75) is 0 Å². The van der Waals surface area contributed by atoms with Crippen molar-refractivity contribution in [1.82, 2.24) is 19.3 Å². The third kappa shape index (κ3) is 5.00. The zero-order valence-corrected chi connectivity index (χ0v) is 17.1. The number of hydrogen-bond acceptors (Lipinski definition) is 7. The highest BCUT2D eigenvalue weighted by Gasteiger charge is 2.25. The topological polar surface area (TPSA) is 91.3 Å². The first-order valence-electron chi connectivity index (χ1n) is 9.58. The second-order valence-electron chi connectivity index (χ2n) is 6.75. The minimum Gasteiger partial charge on any atom is -0.354 e. The SMILES string of the molecule is O=S(=O)(/C=C/c1ccccc1)N1CCN(c2cc(Nc3ccccn3)ncn2)CC1. The molecule has 4 rings (SSSR count). The van der Waals surface area contributed by atoms with Gasteiger partial charge in [-0.3, -0.25) is 0 Å². The van der Waals surface area contributed by atoms with Crippen LogP contribution in [-0.4, -0.2) is 53.9 Å². The molecule has 0 unspecified atom stereocenters. The number of benzene rings is 1. The predicted molar refractivity (Wildman–Crippen MR) is 118 cm³/mol. The van der Waals surface area contributed by atoms with Crippen LogP contribution in [0.3, 0.4) is 0 Å². The Balaban J connectivity index is 1.38. The standard InChI is InChI=1S/C21H22N6O2S/c28-30(29,15-9-18-6-2-1-3-7-18)27-13-11-26(12-14-27)21-16-20(23-17-24-21)25-19-8-4-5-10-22-19/h1-10,15-17H,11-14H2,(H,22,23,24,25)/b15-9+. The molecule has 0 radical (unpaired) electrons. The molecule has 1 aliphatic rings. The number of hydrogen-bond donors (Lipinski definition) is 1. The van der Waals surface area contributed by atoms with E-state index in [0.717, 1.165) is 11.4 Å². The molecule has 0 bridgehead atoms. The van der Waals surface area contributed by atoms with Crippen molar-refractivity contribution in [2.24, 2.45) is 0 Å². The molecule has 3 heterocycles. The van der Waals surface area contributed by atoms with E-state index in [2.05, 4.69) is 25.2 Å². The van der Waals surface area contributed by atoms with Crippen LogP contribution in [0.4, 0.5) is 17.5 Å². The molecule has 0 spiro atoms. The molecular formula is C21H22N6O2S. The molecule has 0 amide bonds. The first-order chi connectivity index (χ1) is 14.6. The number of rotatable bonds is 6. The maximum absolute atomic E-state index is 12.6. The van der Waals surface area contributed by atoms with Gasteiger partial charge < -0.3 is 10.2 Å². The monoisotopic (exact) mass is 422 g/mol. The van der Waals surface area contributed by atoms with E-state index in [0.29, 0.717) is 37.8 Å².